The lowest BCUT2D eigenvalue weighted by Crippen LogP contribution is -2.37. The fourth-order valence-corrected chi connectivity index (χ4v) is 2.14. The molecule has 1 aromatic rings. The minimum absolute atomic E-state index is 0.394. The zero-order valence-electron chi connectivity index (χ0n) is 10.1. The molecule has 0 radical (unpaired) electrons. The Hall–Kier alpha value is -1.42. The Morgan fingerprint density at radius 1 is 1.47 bits per heavy atom. The van der Waals surface area contributed by atoms with Crippen LogP contribution in [0.1, 0.15) is 30.1 Å². The van der Waals surface area contributed by atoms with E-state index in [9.17, 15) is 4.79 Å². The Bertz CT molecular complexity index is 356. The van der Waals surface area contributed by atoms with E-state index in [4.69, 9.17) is 4.74 Å². The summed E-state index contributed by atoms with van der Waals surface area (Å²) < 4.78 is 5.61. The Morgan fingerprint density at radius 2 is 2.24 bits per heavy atom. The van der Waals surface area contributed by atoms with Crippen LogP contribution < -0.4 is 4.90 Å². The molecule has 1 aliphatic rings. The average molecular weight is 234 g/mol. The maximum atomic E-state index is 10.5. The number of piperidine rings is 1. The van der Waals surface area contributed by atoms with E-state index in [2.05, 4.69) is 9.88 Å². The second-order valence-corrected chi connectivity index (χ2v) is 4.21. The summed E-state index contributed by atoms with van der Waals surface area (Å²) in [4.78, 5) is 17.1. The number of ether oxygens (including phenoxy) is 1. The maximum Gasteiger partial charge on any atom is 0.151 e. The van der Waals surface area contributed by atoms with E-state index >= 15 is 0 Å². The third-order valence-electron chi connectivity index (χ3n) is 3.08. The highest BCUT2D eigenvalue weighted by Gasteiger charge is 2.19. The first kappa shape index (κ1) is 12.0. The van der Waals surface area contributed by atoms with E-state index in [0.29, 0.717) is 11.7 Å². The molecule has 0 aromatic carbocycles. The summed E-state index contributed by atoms with van der Waals surface area (Å²) >= 11 is 0. The molecule has 0 N–H and O–H groups in total. The molecular weight excluding hydrogens is 216 g/mol. The van der Waals surface area contributed by atoms with Gasteiger partial charge < -0.3 is 9.64 Å². The van der Waals surface area contributed by atoms with Crippen molar-refractivity contribution in [3.8, 4) is 0 Å². The first-order valence-corrected chi connectivity index (χ1v) is 6.11. The van der Waals surface area contributed by atoms with Gasteiger partial charge in [0.05, 0.1) is 6.10 Å². The van der Waals surface area contributed by atoms with Crippen molar-refractivity contribution < 1.29 is 9.53 Å². The fraction of sp³-hybridized carbons (Fsp3) is 0.538. The third kappa shape index (κ3) is 3.03. The standard InChI is InChI=1S/C13H18N2O2/c1-2-17-12-5-7-15(8-6-12)13-4-3-11(10-16)9-14-13/h3-4,9-10,12H,2,5-8H2,1H3. The predicted molar refractivity (Wildman–Crippen MR) is 66.5 cm³/mol. The van der Waals surface area contributed by atoms with Crippen molar-refractivity contribution in [2.45, 2.75) is 25.9 Å². The second-order valence-electron chi connectivity index (χ2n) is 4.21. The number of rotatable bonds is 4. The molecule has 1 fully saturated rings. The number of aldehydes is 1. The van der Waals surface area contributed by atoms with E-state index < -0.39 is 0 Å². The molecule has 17 heavy (non-hydrogen) atoms. The number of carbonyl (C=O) groups is 1. The number of pyridine rings is 1. The monoisotopic (exact) mass is 234 g/mol. The predicted octanol–water partition coefficient (Wildman–Crippen LogP) is 1.90. The Balaban J connectivity index is 1.93. The summed E-state index contributed by atoms with van der Waals surface area (Å²) in [7, 11) is 0. The Labute approximate surface area is 102 Å². The molecule has 92 valence electrons. The van der Waals surface area contributed by atoms with Crippen LogP contribution in [0.25, 0.3) is 0 Å². The summed E-state index contributed by atoms with van der Waals surface area (Å²) in [5.74, 6) is 0.950. The number of aromatic nitrogens is 1. The van der Waals surface area contributed by atoms with Crippen molar-refractivity contribution in [3.63, 3.8) is 0 Å². The largest absolute Gasteiger partial charge is 0.378 e. The van der Waals surface area contributed by atoms with Crippen LogP contribution in [0.3, 0.4) is 0 Å². The van der Waals surface area contributed by atoms with Gasteiger partial charge in [0.1, 0.15) is 5.82 Å². The van der Waals surface area contributed by atoms with Gasteiger partial charge in [0.25, 0.3) is 0 Å². The van der Waals surface area contributed by atoms with Crippen molar-refractivity contribution in [1.29, 1.82) is 0 Å². The summed E-state index contributed by atoms with van der Waals surface area (Å²) in [6, 6.07) is 3.72. The Morgan fingerprint density at radius 3 is 2.76 bits per heavy atom. The van der Waals surface area contributed by atoms with Crippen molar-refractivity contribution in [2.75, 3.05) is 24.6 Å². The molecule has 0 bridgehead atoms. The molecule has 0 atom stereocenters. The number of hydrogen-bond acceptors (Lipinski definition) is 4. The molecule has 0 unspecified atom stereocenters. The maximum absolute atomic E-state index is 10.5. The molecular formula is C13H18N2O2. The zero-order chi connectivity index (χ0) is 12.1. The molecule has 2 heterocycles. The Kier molecular flexibility index (Phi) is 4.09. The van der Waals surface area contributed by atoms with Gasteiger partial charge in [0.15, 0.2) is 6.29 Å². The molecule has 0 amide bonds. The number of nitrogens with zero attached hydrogens (tertiary/aromatic N) is 2. The van der Waals surface area contributed by atoms with Crippen molar-refractivity contribution in [3.05, 3.63) is 23.9 Å². The van der Waals surface area contributed by atoms with Gasteiger partial charge in [-0.2, -0.15) is 0 Å². The van der Waals surface area contributed by atoms with Crippen molar-refractivity contribution in [2.24, 2.45) is 0 Å². The summed E-state index contributed by atoms with van der Waals surface area (Å²) in [5, 5.41) is 0. The molecule has 1 aliphatic heterocycles. The first-order valence-electron chi connectivity index (χ1n) is 6.11. The molecule has 0 spiro atoms. The van der Waals surface area contributed by atoms with Crippen molar-refractivity contribution in [1.82, 2.24) is 4.98 Å². The van der Waals surface area contributed by atoms with Crippen molar-refractivity contribution >= 4 is 12.1 Å². The first-order chi connectivity index (χ1) is 8.33. The highest BCUT2D eigenvalue weighted by Crippen LogP contribution is 2.19. The van der Waals surface area contributed by atoms with Gasteiger partial charge in [-0.25, -0.2) is 4.98 Å². The SMILES string of the molecule is CCOC1CCN(c2ccc(C=O)cn2)CC1. The number of carbonyl (C=O) groups excluding carboxylic acids is 1. The van der Waals surface area contributed by atoms with E-state index in [-0.39, 0.29) is 0 Å². The number of hydrogen-bond donors (Lipinski definition) is 0. The van der Waals surface area contributed by atoms with Crippen LogP contribution >= 0.6 is 0 Å². The lowest BCUT2D eigenvalue weighted by molar-refractivity contribution is 0.0458. The van der Waals surface area contributed by atoms with Crippen LogP contribution in [0.5, 0.6) is 0 Å². The van der Waals surface area contributed by atoms with Gasteiger partial charge in [-0.1, -0.05) is 0 Å². The topological polar surface area (TPSA) is 42.4 Å². The average Bonchev–Trinajstić information content (AvgIpc) is 2.40. The summed E-state index contributed by atoms with van der Waals surface area (Å²) in [5.41, 5.74) is 0.623. The summed E-state index contributed by atoms with van der Waals surface area (Å²) in [6.07, 6.45) is 4.93. The lowest BCUT2D eigenvalue weighted by atomic mass is 10.1. The molecule has 1 aromatic heterocycles. The van der Waals surface area contributed by atoms with Gasteiger partial charge in [0, 0.05) is 31.5 Å². The van der Waals surface area contributed by atoms with E-state index in [1.165, 1.54) is 0 Å². The quantitative estimate of drug-likeness (QED) is 0.746. The van der Waals surface area contributed by atoms with Gasteiger partial charge in [-0.15, -0.1) is 0 Å². The second kappa shape index (κ2) is 5.77. The van der Waals surface area contributed by atoms with Crippen LogP contribution in [0.4, 0.5) is 5.82 Å². The van der Waals surface area contributed by atoms with Gasteiger partial charge in [-0.3, -0.25) is 4.79 Å². The molecule has 4 nitrogen and oxygen atoms in total. The van der Waals surface area contributed by atoms with Crippen LogP contribution in [-0.2, 0) is 4.74 Å². The minimum atomic E-state index is 0.394. The van der Waals surface area contributed by atoms with Gasteiger partial charge in [0.2, 0.25) is 0 Å². The van der Waals surface area contributed by atoms with Gasteiger partial charge in [-0.05, 0) is 31.9 Å². The number of anilines is 1. The van der Waals surface area contributed by atoms with E-state index in [1.54, 1.807) is 6.20 Å². The third-order valence-corrected chi connectivity index (χ3v) is 3.08. The normalized spacial score (nSPS) is 17.1. The van der Waals surface area contributed by atoms with E-state index in [0.717, 1.165) is 44.6 Å². The van der Waals surface area contributed by atoms with E-state index in [1.807, 2.05) is 19.1 Å². The lowest BCUT2D eigenvalue weighted by Gasteiger charge is -2.32. The molecule has 1 saturated heterocycles. The van der Waals surface area contributed by atoms with Crippen LogP contribution in [-0.4, -0.2) is 37.1 Å². The molecule has 4 heteroatoms. The smallest absolute Gasteiger partial charge is 0.151 e. The zero-order valence-corrected chi connectivity index (χ0v) is 10.1. The van der Waals surface area contributed by atoms with Crippen LogP contribution in [0.15, 0.2) is 18.3 Å². The highest BCUT2D eigenvalue weighted by atomic mass is 16.5. The highest BCUT2D eigenvalue weighted by molar-refractivity contribution is 5.74. The van der Waals surface area contributed by atoms with Crippen LogP contribution in [0, 0.1) is 0 Å². The van der Waals surface area contributed by atoms with Crippen LogP contribution in [0.2, 0.25) is 0 Å². The molecule has 0 aliphatic carbocycles. The molecule has 0 saturated carbocycles. The molecule has 2 rings (SSSR count). The fourth-order valence-electron chi connectivity index (χ4n) is 2.14. The summed E-state index contributed by atoms with van der Waals surface area (Å²) in [6.45, 7) is 4.76. The minimum Gasteiger partial charge on any atom is -0.378 e. The van der Waals surface area contributed by atoms with Gasteiger partial charge >= 0.3 is 0 Å².